The Morgan fingerprint density at radius 2 is 1.88 bits per heavy atom. The highest BCUT2D eigenvalue weighted by Crippen LogP contribution is 2.32. The van der Waals surface area contributed by atoms with Gasteiger partial charge < -0.3 is 4.74 Å². The lowest BCUT2D eigenvalue weighted by Crippen LogP contribution is -1.95. The zero-order valence-corrected chi connectivity index (χ0v) is 14.5. The molecule has 2 aromatic carbocycles. The summed E-state index contributed by atoms with van der Waals surface area (Å²) in [6.45, 7) is 0.375. The second-order valence-electron chi connectivity index (χ2n) is 4.98. The molecule has 1 amide bonds. The summed E-state index contributed by atoms with van der Waals surface area (Å²) in [5.41, 5.74) is 1.81. The number of ether oxygens (including phenoxy) is 1. The number of hydrogen-bond donors (Lipinski definition) is 0. The molecule has 1 heterocycles. The van der Waals surface area contributed by atoms with Crippen molar-refractivity contribution in [2.24, 2.45) is 4.99 Å². The zero-order chi connectivity index (χ0) is 16.9. The van der Waals surface area contributed by atoms with E-state index >= 15 is 0 Å². The minimum absolute atomic E-state index is 0.194. The minimum Gasteiger partial charge on any atom is -0.489 e. The van der Waals surface area contributed by atoms with Gasteiger partial charge in [0.25, 0.3) is 5.91 Å². The van der Waals surface area contributed by atoms with Crippen LogP contribution in [0.15, 0.2) is 58.4 Å². The molecule has 0 unspecified atom stereocenters. The molecule has 2 aromatic rings. The Morgan fingerprint density at radius 3 is 2.50 bits per heavy atom. The second-order valence-corrected chi connectivity index (χ2v) is 7.07. The van der Waals surface area contributed by atoms with E-state index < -0.39 is 0 Å². The maximum Gasteiger partial charge on any atom is 0.285 e. The van der Waals surface area contributed by atoms with E-state index in [2.05, 4.69) is 4.99 Å². The first-order chi connectivity index (χ1) is 11.6. The van der Waals surface area contributed by atoms with Crippen LogP contribution in [0.2, 0.25) is 0 Å². The Hall–Kier alpha value is -2.05. The van der Waals surface area contributed by atoms with Gasteiger partial charge in [0, 0.05) is 0 Å². The second kappa shape index (κ2) is 7.68. The van der Waals surface area contributed by atoms with E-state index in [-0.39, 0.29) is 11.7 Å². The number of hydrogen-bond acceptors (Lipinski definition) is 4. The fourth-order valence-corrected chi connectivity index (χ4v) is 3.46. The number of halogens is 1. The maximum atomic E-state index is 12.9. The van der Waals surface area contributed by atoms with Gasteiger partial charge in [-0.3, -0.25) is 4.79 Å². The van der Waals surface area contributed by atoms with Crippen LogP contribution in [-0.2, 0) is 11.4 Å². The van der Waals surface area contributed by atoms with Crippen molar-refractivity contribution < 1.29 is 13.9 Å². The molecule has 0 bridgehead atoms. The number of rotatable bonds is 4. The topological polar surface area (TPSA) is 38.7 Å². The Balaban J connectivity index is 1.61. The van der Waals surface area contributed by atoms with E-state index in [0.717, 1.165) is 15.5 Å². The van der Waals surface area contributed by atoms with Gasteiger partial charge in [-0.2, -0.15) is 4.99 Å². The van der Waals surface area contributed by atoms with Gasteiger partial charge in [0.05, 0.1) is 4.91 Å². The van der Waals surface area contributed by atoms with Gasteiger partial charge in [0.1, 0.15) is 22.5 Å². The Labute approximate surface area is 148 Å². The maximum absolute atomic E-state index is 12.9. The van der Waals surface area contributed by atoms with Crippen LogP contribution in [-0.4, -0.2) is 16.5 Å². The molecule has 3 nitrogen and oxygen atoms in total. The molecular formula is C18H14FNO2S2. The molecule has 3 rings (SSSR count). The predicted molar refractivity (Wildman–Crippen MR) is 98.7 cm³/mol. The van der Waals surface area contributed by atoms with Crippen LogP contribution in [0.3, 0.4) is 0 Å². The lowest BCUT2D eigenvalue weighted by Gasteiger charge is -2.06. The first-order valence-corrected chi connectivity index (χ1v) is 9.22. The van der Waals surface area contributed by atoms with E-state index in [1.807, 2.05) is 36.6 Å². The summed E-state index contributed by atoms with van der Waals surface area (Å²) in [6.07, 6.45) is 3.72. The molecule has 0 saturated heterocycles. The quantitative estimate of drug-likeness (QED) is 0.739. The number of thioether (sulfide) groups is 2. The highest BCUT2D eigenvalue weighted by atomic mass is 32.2. The van der Waals surface area contributed by atoms with E-state index in [4.69, 9.17) is 4.74 Å². The van der Waals surface area contributed by atoms with Gasteiger partial charge in [-0.05, 0) is 47.7 Å². The van der Waals surface area contributed by atoms with Gasteiger partial charge in [0.15, 0.2) is 0 Å². The molecule has 6 heteroatoms. The third-order valence-electron chi connectivity index (χ3n) is 3.27. The van der Waals surface area contributed by atoms with E-state index in [9.17, 15) is 9.18 Å². The summed E-state index contributed by atoms with van der Waals surface area (Å²) in [7, 11) is 0. The van der Waals surface area contributed by atoms with Crippen LogP contribution >= 0.6 is 23.5 Å². The smallest absolute Gasteiger partial charge is 0.285 e. The summed E-state index contributed by atoms with van der Waals surface area (Å²) in [4.78, 5) is 16.3. The van der Waals surface area contributed by atoms with Crippen LogP contribution in [0.1, 0.15) is 11.1 Å². The molecule has 0 radical (unpaired) electrons. The Morgan fingerprint density at radius 1 is 1.17 bits per heavy atom. The van der Waals surface area contributed by atoms with Gasteiger partial charge in [-0.25, -0.2) is 4.39 Å². The lowest BCUT2D eigenvalue weighted by atomic mass is 10.2. The average Bonchev–Trinajstić information content (AvgIpc) is 2.96. The number of carbonyl (C=O) groups is 1. The highest BCUT2D eigenvalue weighted by molar-refractivity contribution is 8.40. The molecule has 0 aromatic heterocycles. The van der Waals surface area contributed by atoms with Gasteiger partial charge >= 0.3 is 0 Å². The van der Waals surface area contributed by atoms with E-state index in [0.29, 0.717) is 17.3 Å². The Bertz CT molecular complexity index is 799. The fourth-order valence-electron chi connectivity index (χ4n) is 2.04. The first-order valence-electron chi connectivity index (χ1n) is 7.18. The third kappa shape index (κ3) is 4.27. The SMILES string of the molecule is CSC1=NC(=O)/C(=C/c2ccc(OCc3ccc(F)cc3)cc2)S1. The first kappa shape index (κ1) is 16.8. The van der Waals surface area contributed by atoms with E-state index in [1.165, 1.54) is 35.7 Å². The fraction of sp³-hybridized carbons (Fsp3) is 0.111. The summed E-state index contributed by atoms with van der Waals surface area (Å²) >= 11 is 2.86. The minimum atomic E-state index is -0.260. The monoisotopic (exact) mass is 359 g/mol. The lowest BCUT2D eigenvalue weighted by molar-refractivity contribution is -0.113. The van der Waals surface area contributed by atoms with Crippen LogP contribution in [0, 0.1) is 5.82 Å². The number of carbonyl (C=O) groups excluding carboxylic acids is 1. The van der Waals surface area contributed by atoms with Crippen molar-refractivity contribution in [3.05, 3.63) is 70.4 Å². The van der Waals surface area contributed by atoms with Crippen LogP contribution in [0.4, 0.5) is 4.39 Å². The molecule has 0 atom stereocenters. The average molecular weight is 359 g/mol. The van der Waals surface area contributed by atoms with Crippen molar-refractivity contribution in [3.8, 4) is 5.75 Å². The molecule has 1 aliphatic heterocycles. The normalized spacial score (nSPS) is 15.7. The highest BCUT2D eigenvalue weighted by Gasteiger charge is 2.20. The summed E-state index contributed by atoms with van der Waals surface area (Å²) in [5, 5.41) is 0. The standard InChI is InChI=1S/C18H14FNO2S2/c1-23-18-20-17(21)16(24-18)10-12-4-8-15(9-5-12)22-11-13-2-6-14(19)7-3-13/h2-10H,11H2,1H3/b16-10-. The van der Waals surface area contributed by atoms with Crippen LogP contribution < -0.4 is 4.74 Å². The molecule has 0 aliphatic carbocycles. The summed E-state index contributed by atoms with van der Waals surface area (Å²) < 4.78 is 19.3. The van der Waals surface area contributed by atoms with Crippen molar-refractivity contribution in [1.82, 2.24) is 0 Å². The number of benzene rings is 2. The molecule has 1 aliphatic rings. The van der Waals surface area contributed by atoms with Crippen molar-refractivity contribution >= 4 is 39.9 Å². The largest absolute Gasteiger partial charge is 0.489 e. The summed E-state index contributed by atoms with van der Waals surface area (Å²) in [5.74, 6) is 0.262. The van der Waals surface area contributed by atoms with Crippen molar-refractivity contribution in [2.45, 2.75) is 6.61 Å². The number of aliphatic imine (C=N–C) groups is 1. The van der Waals surface area contributed by atoms with Crippen molar-refractivity contribution in [2.75, 3.05) is 6.26 Å². The van der Waals surface area contributed by atoms with Crippen LogP contribution in [0.5, 0.6) is 5.75 Å². The number of amides is 1. The van der Waals surface area contributed by atoms with Gasteiger partial charge in [0.2, 0.25) is 0 Å². The molecule has 0 spiro atoms. The predicted octanol–water partition coefficient (Wildman–Crippen LogP) is 4.74. The molecule has 0 N–H and O–H groups in total. The van der Waals surface area contributed by atoms with Crippen LogP contribution in [0.25, 0.3) is 6.08 Å². The molecule has 24 heavy (non-hydrogen) atoms. The summed E-state index contributed by atoms with van der Waals surface area (Å²) in [6, 6.07) is 13.7. The zero-order valence-electron chi connectivity index (χ0n) is 12.9. The molecule has 0 saturated carbocycles. The Kier molecular flexibility index (Phi) is 5.37. The molecular weight excluding hydrogens is 345 g/mol. The molecule has 122 valence electrons. The number of nitrogens with zero attached hydrogens (tertiary/aromatic N) is 1. The van der Waals surface area contributed by atoms with Crippen molar-refractivity contribution in [3.63, 3.8) is 0 Å². The van der Waals surface area contributed by atoms with Crippen molar-refractivity contribution in [1.29, 1.82) is 0 Å². The van der Waals surface area contributed by atoms with Gasteiger partial charge in [-0.15, -0.1) is 11.8 Å². The van der Waals surface area contributed by atoms with Gasteiger partial charge in [-0.1, -0.05) is 36.0 Å². The van der Waals surface area contributed by atoms with E-state index in [1.54, 1.807) is 12.1 Å². The third-order valence-corrected chi connectivity index (χ3v) is 5.24. The molecule has 0 fully saturated rings.